The highest BCUT2D eigenvalue weighted by Crippen LogP contribution is 2.31. The summed E-state index contributed by atoms with van der Waals surface area (Å²) in [6.45, 7) is 3.65. The summed E-state index contributed by atoms with van der Waals surface area (Å²) < 4.78 is 12.4. The van der Waals surface area contributed by atoms with Crippen LogP contribution in [0.2, 0.25) is 5.02 Å². The monoisotopic (exact) mass is 484 g/mol. The van der Waals surface area contributed by atoms with Crippen molar-refractivity contribution in [2.24, 2.45) is 4.99 Å². The van der Waals surface area contributed by atoms with E-state index in [9.17, 15) is 14.7 Å². The van der Waals surface area contributed by atoms with Crippen LogP contribution in [-0.4, -0.2) is 29.4 Å². The van der Waals surface area contributed by atoms with E-state index in [2.05, 4.69) is 4.99 Å². The molecule has 0 bridgehead atoms. The molecule has 1 aromatic heterocycles. The lowest BCUT2D eigenvalue weighted by Crippen LogP contribution is -2.39. The number of aromatic nitrogens is 1. The number of methoxy groups -OCH3 is 1. The molecule has 2 aromatic carbocycles. The maximum atomic E-state index is 13.5. The Morgan fingerprint density at radius 3 is 2.67 bits per heavy atom. The van der Waals surface area contributed by atoms with Gasteiger partial charge in [0.25, 0.3) is 5.56 Å². The highest BCUT2D eigenvalue weighted by atomic mass is 35.5. The number of ether oxygens (including phenoxy) is 2. The van der Waals surface area contributed by atoms with Crippen LogP contribution in [0.25, 0.3) is 6.08 Å². The van der Waals surface area contributed by atoms with E-state index >= 15 is 0 Å². The van der Waals surface area contributed by atoms with Crippen molar-refractivity contribution in [3.05, 3.63) is 89.6 Å². The van der Waals surface area contributed by atoms with Gasteiger partial charge < -0.3 is 14.6 Å². The molecule has 9 heteroatoms. The number of halogens is 1. The lowest BCUT2D eigenvalue weighted by molar-refractivity contribution is -0.139. The zero-order valence-corrected chi connectivity index (χ0v) is 19.7. The Morgan fingerprint density at radius 1 is 1.27 bits per heavy atom. The molecular weight excluding hydrogens is 464 g/mol. The molecular formula is C24H21ClN2O5S. The maximum absolute atomic E-state index is 13.5. The Morgan fingerprint density at radius 2 is 2.00 bits per heavy atom. The van der Waals surface area contributed by atoms with Crippen molar-refractivity contribution in [2.75, 3.05) is 13.7 Å². The molecule has 1 unspecified atom stereocenters. The molecule has 0 aliphatic carbocycles. The SMILES string of the molecule is CCOC(=O)C1=C(C)N=c2s/c(=C\c3cc(Cl)ccc3O)c(=O)n2C1c1ccc(OC)cc1. The van der Waals surface area contributed by atoms with Gasteiger partial charge in [-0.25, -0.2) is 9.79 Å². The molecule has 3 aromatic rings. The highest BCUT2D eigenvalue weighted by Gasteiger charge is 2.33. The molecule has 33 heavy (non-hydrogen) atoms. The topological polar surface area (TPSA) is 90.1 Å². The smallest absolute Gasteiger partial charge is 0.338 e. The lowest BCUT2D eigenvalue weighted by Gasteiger charge is -2.24. The molecule has 7 nitrogen and oxygen atoms in total. The van der Waals surface area contributed by atoms with Crippen molar-refractivity contribution < 1.29 is 19.4 Å². The van der Waals surface area contributed by atoms with Gasteiger partial charge in [0.2, 0.25) is 0 Å². The summed E-state index contributed by atoms with van der Waals surface area (Å²) in [5, 5.41) is 10.6. The Balaban J connectivity index is 1.96. The molecule has 0 radical (unpaired) electrons. The van der Waals surface area contributed by atoms with Gasteiger partial charge in [-0.2, -0.15) is 0 Å². The standard InChI is InChI=1S/C24H21ClN2O5S/c1-4-32-23(30)20-13(2)26-24-27(21(20)14-5-8-17(31-3)9-6-14)22(29)19(33-24)12-15-11-16(25)7-10-18(15)28/h5-12,21,28H,4H2,1-3H3/b19-12-. The number of carbonyl (C=O) groups excluding carboxylic acids is 1. The van der Waals surface area contributed by atoms with Gasteiger partial charge in [-0.3, -0.25) is 9.36 Å². The van der Waals surface area contributed by atoms with Crippen molar-refractivity contribution >= 4 is 35.0 Å². The first kappa shape index (κ1) is 22.8. The van der Waals surface area contributed by atoms with Gasteiger partial charge in [0.1, 0.15) is 11.5 Å². The van der Waals surface area contributed by atoms with Crippen LogP contribution in [0.15, 0.2) is 63.5 Å². The Bertz CT molecular complexity index is 1440. The van der Waals surface area contributed by atoms with Crippen LogP contribution in [0.5, 0.6) is 11.5 Å². The average molecular weight is 485 g/mol. The van der Waals surface area contributed by atoms with Gasteiger partial charge in [-0.05, 0) is 55.8 Å². The van der Waals surface area contributed by atoms with Crippen LogP contribution < -0.4 is 19.6 Å². The summed E-state index contributed by atoms with van der Waals surface area (Å²) in [4.78, 5) is 31.4. The fourth-order valence-electron chi connectivity index (χ4n) is 3.68. The number of phenolic OH excluding ortho intramolecular Hbond substituents is 1. The number of carbonyl (C=O) groups is 1. The summed E-state index contributed by atoms with van der Waals surface area (Å²) >= 11 is 7.23. The minimum Gasteiger partial charge on any atom is -0.507 e. The maximum Gasteiger partial charge on any atom is 0.338 e. The van der Waals surface area contributed by atoms with Crippen LogP contribution in [0.3, 0.4) is 0 Å². The van der Waals surface area contributed by atoms with E-state index in [4.69, 9.17) is 21.1 Å². The molecule has 170 valence electrons. The van der Waals surface area contributed by atoms with Crippen LogP contribution in [0, 0.1) is 0 Å². The third kappa shape index (κ3) is 4.31. The second kappa shape index (κ2) is 9.25. The average Bonchev–Trinajstić information content (AvgIpc) is 3.10. The molecule has 1 N–H and O–H groups in total. The van der Waals surface area contributed by atoms with Crippen LogP contribution in [0.1, 0.15) is 31.0 Å². The number of hydrogen-bond acceptors (Lipinski definition) is 7. The van der Waals surface area contributed by atoms with E-state index in [1.54, 1.807) is 63.4 Å². The second-order valence-electron chi connectivity index (χ2n) is 7.28. The summed E-state index contributed by atoms with van der Waals surface area (Å²) in [6.07, 6.45) is 1.57. The van der Waals surface area contributed by atoms with Crippen molar-refractivity contribution in [3.8, 4) is 11.5 Å². The van der Waals surface area contributed by atoms with Gasteiger partial charge in [0.15, 0.2) is 4.80 Å². The number of fused-ring (bicyclic) bond motifs is 1. The first-order valence-electron chi connectivity index (χ1n) is 10.2. The molecule has 0 saturated heterocycles. The number of phenols is 1. The highest BCUT2D eigenvalue weighted by molar-refractivity contribution is 7.07. The predicted molar refractivity (Wildman–Crippen MR) is 127 cm³/mol. The van der Waals surface area contributed by atoms with Crippen molar-refractivity contribution in [3.63, 3.8) is 0 Å². The van der Waals surface area contributed by atoms with E-state index in [0.717, 1.165) is 0 Å². The van der Waals surface area contributed by atoms with Crippen LogP contribution in [-0.2, 0) is 9.53 Å². The molecule has 0 saturated carbocycles. The summed E-state index contributed by atoms with van der Waals surface area (Å²) in [6, 6.07) is 11.0. The third-order valence-corrected chi connectivity index (χ3v) is 6.44. The van der Waals surface area contributed by atoms with Gasteiger partial charge in [0, 0.05) is 10.6 Å². The molecule has 0 fully saturated rings. The Kier molecular flexibility index (Phi) is 6.40. The minimum atomic E-state index is -0.721. The Labute approximate surface area is 198 Å². The normalized spacial score (nSPS) is 15.8. The number of benzene rings is 2. The molecule has 0 amide bonds. The van der Waals surface area contributed by atoms with E-state index in [0.29, 0.717) is 42.5 Å². The first-order valence-corrected chi connectivity index (χ1v) is 11.4. The zero-order valence-electron chi connectivity index (χ0n) is 18.2. The van der Waals surface area contributed by atoms with E-state index < -0.39 is 12.0 Å². The number of rotatable bonds is 5. The van der Waals surface area contributed by atoms with E-state index in [-0.39, 0.29) is 17.9 Å². The first-order chi connectivity index (χ1) is 15.8. The Hall–Kier alpha value is -3.36. The van der Waals surface area contributed by atoms with Gasteiger partial charge in [-0.15, -0.1) is 0 Å². The van der Waals surface area contributed by atoms with Gasteiger partial charge in [-0.1, -0.05) is 35.1 Å². The minimum absolute atomic E-state index is 0.000309. The van der Waals surface area contributed by atoms with Crippen LogP contribution in [0.4, 0.5) is 0 Å². The molecule has 1 atom stereocenters. The number of thiazole rings is 1. The molecule has 1 aliphatic rings. The van der Waals surface area contributed by atoms with E-state index in [1.165, 1.54) is 22.0 Å². The van der Waals surface area contributed by atoms with Crippen molar-refractivity contribution in [1.82, 2.24) is 4.57 Å². The molecule has 1 aliphatic heterocycles. The van der Waals surface area contributed by atoms with Gasteiger partial charge >= 0.3 is 5.97 Å². The fraction of sp³-hybridized carbons (Fsp3) is 0.208. The number of esters is 1. The molecule has 4 rings (SSSR count). The number of nitrogens with zero attached hydrogens (tertiary/aromatic N) is 2. The van der Waals surface area contributed by atoms with Crippen LogP contribution >= 0.6 is 22.9 Å². The lowest BCUT2D eigenvalue weighted by atomic mass is 9.96. The number of aromatic hydroxyl groups is 1. The predicted octanol–water partition coefficient (Wildman–Crippen LogP) is 3.17. The second-order valence-corrected chi connectivity index (χ2v) is 8.72. The third-order valence-electron chi connectivity index (χ3n) is 5.22. The fourth-order valence-corrected chi connectivity index (χ4v) is 4.89. The quantitative estimate of drug-likeness (QED) is 0.562. The molecule has 0 spiro atoms. The van der Waals surface area contributed by atoms with Crippen molar-refractivity contribution in [1.29, 1.82) is 0 Å². The summed E-state index contributed by atoms with van der Waals surface area (Å²) in [7, 11) is 1.57. The summed E-state index contributed by atoms with van der Waals surface area (Å²) in [5.74, 6) is 0.127. The zero-order chi connectivity index (χ0) is 23.7. The number of allylic oxidation sites excluding steroid dienone is 1. The van der Waals surface area contributed by atoms with E-state index in [1.807, 2.05) is 0 Å². The molecule has 2 heterocycles. The van der Waals surface area contributed by atoms with Gasteiger partial charge in [0.05, 0.1) is 35.6 Å². The largest absolute Gasteiger partial charge is 0.507 e. The van der Waals surface area contributed by atoms with Crippen molar-refractivity contribution in [2.45, 2.75) is 19.9 Å². The summed E-state index contributed by atoms with van der Waals surface area (Å²) in [5.41, 5.74) is 1.56. The number of hydrogen-bond donors (Lipinski definition) is 1.